The van der Waals surface area contributed by atoms with Crippen LogP contribution in [0.15, 0.2) is 71.2 Å². The Morgan fingerprint density at radius 1 is 0.946 bits per heavy atom. The predicted octanol–water partition coefficient (Wildman–Crippen LogP) is 6.55. The van der Waals surface area contributed by atoms with Crippen LogP contribution in [-0.4, -0.2) is 56.3 Å². The van der Waals surface area contributed by atoms with Crippen LogP contribution in [0.5, 0.6) is 11.5 Å². The number of non-ortho nitro benzene ring substituents is 1. The molecule has 37 heavy (non-hydrogen) atoms. The molecular formula is C28H31BrClN3O4. The molecule has 9 heteroatoms. The Morgan fingerprint density at radius 3 is 2.38 bits per heavy atom. The Bertz CT molecular complexity index is 1220. The van der Waals surface area contributed by atoms with E-state index in [1.54, 1.807) is 19.2 Å². The van der Waals surface area contributed by atoms with Crippen molar-refractivity contribution >= 4 is 51.9 Å². The lowest BCUT2D eigenvalue weighted by atomic mass is 10.1. The highest BCUT2D eigenvalue weighted by atomic mass is 79.9. The summed E-state index contributed by atoms with van der Waals surface area (Å²) in [6, 6.07) is 20.7. The normalized spacial score (nSPS) is 13.8. The molecule has 1 heterocycles. The quantitative estimate of drug-likeness (QED) is 0.116. The highest BCUT2D eigenvalue weighted by molar-refractivity contribution is 9.10. The number of benzene rings is 3. The van der Waals surface area contributed by atoms with Crippen LogP contribution in [0.2, 0.25) is 0 Å². The van der Waals surface area contributed by atoms with Crippen molar-refractivity contribution in [3.05, 3.63) is 92.4 Å². The number of hydrogen-bond donors (Lipinski definition) is 0. The average molecular weight is 589 g/mol. The van der Waals surface area contributed by atoms with Crippen LogP contribution >= 0.6 is 28.3 Å². The third kappa shape index (κ3) is 7.71. The minimum atomic E-state index is -0.385. The van der Waals surface area contributed by atoms with Crippen molar-refractivity contribution in [3.63, 3.8) is 0 Å². The maximum atomic E-state index is 11.3. The predicted molar refractivity (Wildman–Crippen MR) is 155 cm³/mol. The molecule has 4 rings (SSSR count). The van der Waals surface area contributed by atoms with Gasteiger partial charge in [0, 0.05) is 54.9 Å². The molecule has 0 N–H and O–H groups in total. The number of nitro benzene ring substituents is 1. The van der Waals surface area contributed by atoms with E-state index in [-0.39, 0.29) is 23.0 Å². The second kappa shape index (κ2) is 14.0. The molecule has 0 atom stereocenters. The first-order valence-electron chi connectivity index (χ1n) is 12.0. The molecule has 1 fully saturated rings. The molecular weight excluding hydrogens is 558 g/mol. The molecule has 0 radical (unpaired) electrons. The van der Waals surface area contributed by atoms with Gasteiger partial charge in [0.15, 0.2) is 0 Å². The summed E-state index contributed by atoms with van der Waals surface area (Å²) in [5.74, 6) is 1.55. The standard InChI is InChI=1S/C28H30BrN3O4.ClH/c1-35-28-10-5-4-9-26(28)31-18-16-30(17-19-31)15-6-20-36-27-14-13-24(32(33)34)21-23(27)12-11-22-7-2-3-8-25(22)29;/h2-5,7-14,21H,6,15-20H2,1H3;1H. The van der Waals surface area contributed by atoms with E-state index in [0.717, 1.165) is 60.6 Å². The molecule has 3 aromatic rings. The van der Waals surface area contributed by atoms with E-state index in [2.05, 4.69) is 31.8 Å². The molecule has 0 aromatic heterocycles. The molecule has 3 aromatic carbocycles. The van der Waals surface area contributed by atoms with Gasteiger partial charge in [-0.15, -0.1) is 12.4 Å². The summed E-state index contributed by atoms with van der Waals surface area (Å²) >= 11 is 3.53. The minimum Gasteiger partial charge on any atom is -0.495 e. The van der Waals surface area contributed by atoms with E-state index >= 15 is 0 Å². The van der Waals surface area contributed by atoms with E-state index in [0.29, 0.717) is 17.9 Å². The fourth-order valence-corrected chi connectivity index (χ4v) is 4.69. The summed E-state index contributed by atoms with van der Waals surface area (Å²) in [6.07, 6.45) is 4.66. The number of halogens is 2. The third-order valence-electron chi connectivity index (χ3n) is 6.23. The van der Waals surface area contributed by atoms with Gasteiger partial charge in [0.25, 0.3) is 5.69 Å². The molecule has 7 nitrogen and oxygen atoms in total. The summed E-state index contributed by atoms with van der Waals surface area (Å²) in [5.41, 5.74) is 2.86. The molecule has 0 saturated carbocycles. The van der Waals surface area contributed by atoms with Gasteiger partial charge in [0.2, 0.25) is 0 Å². The van der Waals surface area contributed by atoms with Crippen LogP contribution in [0.3, 0.4) is 0 Å². The largest absolute Gasteiger partial charge is 0.495 e. The van der Waals surface area contributed by atoms with Crippen molar-refractivity contribution in [1.29, 1.82) is 0 Å². The zero-order valence-electron chi connectivity index (χ0n) is 20.7. The van der Waals surface area contributed by atoms with Crippen molar-refractivity contribution in [1.82, 2.24) is 4.90 Å². The molecule has 1 saturated heterocycles. The second-order valence-electron chi connectivity index (χ2n) is 8.54. The maximum Gasteiger partial charge on any atom is 0.270 e. The van der Waals surface area contributed by atoms with Crippen molar-refractivity contribution in [3.8, 4) is 11.5 Å². The summed E-state index contributed by atoms with van der Waals surface area (Å²) < 4.78 is 12.5. The maximum absolute atomic E-state index is 11.3. The van der Waals surface area contributed by atoms with Crippen molar-refractivity contribution in [2.24, 2.45) is 0 Å². The lowest BCUT2D eigenvalue weighted by molar-refractivity contribution is -0.384. The Labute approximate surface area is 232 Å². The number of nitro groups is 1. The van der Waals surface area contributed by atoms with Gasteiger partial charge in [-0.2, -0.15) is 0 Å². The third-order valence-corrected chi connectivity index (χ3v) is 6.95. The van der Waals surface area contributed by atoms with E-state index in [1.165, 1.54) is 6.07 Å². The van der Waals surface area contributed by atoms with Crippen LogP contribution in [0, 0.1) is 10.1 Å². The number of hydrogen-bond acceptors (Lipinski definition) is 6. The number of ether oxygens (including phenoxy) is 2. The fourth-order valence-electron chi connectivity index (χ4n) is 4.27. The number of nitrogens with zero attached hydrogens (tertiary/aromatic N) is 3. The van der Waals surface area contributed by atoms with Crippen LogP contribution in [0.25, 0.3) is 12.2 Å². The van der Waals surface area contributed by atoms with Crippen molar-refractivity contribution in [2.45, 2.75) is 6.42 Å². The lowest BCUT2D eigenvalue weighted by Gasteiger charge is -2.36. The summed E-state index contributed by atoms with van der Waals surface area (Å²) in [6.45, 7) is 5.35. The molecule has 0 amide bonds. The van der Waals surface area contributed by atoms with Gasteiger partial charge in [-0.3, -0.25) is 15.0 Å². The molecule has 0 bridgehead atoms. The molecule has 1 aliphatic heterocycles. The summed E-state index contributed by atoms with van der Waals surface area (Å²) in [4.78, 5) is 15.7. The highest BCUT2D eigenvalue weighted by Gasteiger charge is 2.19. The average Bonchev–Trinajstić information content (AvgIpc) is 2.91. The first-order chi connectivity index (χ1) is 17.5. The lowest BCUT2D eigenvalue weighted by Crippen LogP contribution is -2.46. The van der Waals surface area contributed by atoms with E-state index < -0.39 is 0 Å². The van der Waals surface area contributed by atoms with Gasteiger partial charge < -0.3 is 14.4 Å². The molecule has 196 valence electrons. The zero-order valence-corrected chi connectivity index (χ0v) is 23.1. The van der Waals surface area contributed by atoms with Gasteiger partial charge in [-0.05, 0) is 36.2 Å². The SMILES string of the molecule is COc1ccccc1N1CCN(CCCOc2ccc([N+](=O)[O-])cc2C=Cc2ccccc2Br)CC1.Cl. The molecule has 0 unspecified atom stereocenters. The molecule has 0 spiro atoms. The first-order valence-corrected chi connectivity index (χ1v) is 12.8. The van der Waals surface area contributed by atoms with Crippen LogP contribution in [0.1, 0.15) is 17.5 Å². The summed E-state index contributed by atoms with van der Waals surface area (Å²) in [5, 5.41) is 11.3. The molecule has 0 aliphatic carbocycles. The van der Waals surface area contributed by atoms with E-state index in [9.17, 15) is 10.1 Å². The highest BCUT2D eigenvalue weighted by Crippen LogP contribution is 2.29. The van der Waals surface area contributed by atoms with Gasteiger partial charge >= 0.3 is 0 Å². The fraction of sp³-hybridized carbons (Fsp3) is 0.286. The topological polar surface area (TPSA) is 68.1 Å². The van der Waals surface area contributed by atoms with Gasteiger partial charge in [-0.25, -0.2) is 0 Å². The van der Waals surface area contributed by atoms with Crippen molar-refractivity contribution in [2.75, 3.05) is 51.3 Å². The van der Waals surface area contributed by atoms with Gasteiger partial charge in [-0.1, -0.05) is 58.4 Å². The number of anilines is 1. The number of methoxy groups -OCH3 is 1. The van der Waals surface area contributed by atoms with E-state index in [4.69, 9.17) is 9.47 Å². The molecule has 1 aliphatic rings. The first kappa shape index (κ1) is 28.5. The smallest absolute Gasteiger partial charge is 0.270 e. The van der Waals surface area contributed by atoms with Gasteiger partial charge in [0.05, 0.1) is 24.3 Å². The van der Waals surface area contributed by atoms with E-state index in [1.807, 2.05) is 54.6 Å². The number of piperazine rings is 1. The van der Waals surface area contributed by atoms with Crippen LogP contribution in [-0.2, 0) is 0 Å². The minimum absolute atomic E-state index is 0. The monoisotopic (exact) mass is 587 g/mol. The Hall–Kier alpha value is -3.07. The second-order valence-corrected chi connectivity index (χ2v) is 9.39. The Morgan fingerprint density at radius 2 is 1.65 bits per heavy atom. The van der Waals surface area contributed by atoms with Crippen LogP contribution in [0.4, 0.5) is 11.4 Å². The van der Waals surface area contributed by atoms with Crippen LogP contribution < -0.4 is 14.4 Å². The Balaban J connectivity index is 0.00000380. The number of rotatable bonds is 10. The summed E-state index contributed by atoms with van der Waals surface area (Å²) in [7, 11) is 1.71. The zero-order chi connectivity index (χ0) is 25.3. The Kier molecular flexibility index (Phi) is 10.8. The number of para-hydroxylation sites is 2. The van der Waals surface area contributed by atoms with Gasteiger partial charge in [0.1, 0.15) is 11.5 Å². The van der Waals surface area contributed by atoms with Crippen molar-refractivity contribution < 1.29 is 14.4 Å².